The summed E-state index contributed by atoms with van der Waals surface area (Å²) in [6.45, 7) is 2.11. The van der Waals surface area contributed by atoms with E-state index >= 15 is 0 Å². The van der Waals surface area contributed by atoms with Crippen molar-refractivity contribution in [3.05, 3.63) is 98.5 Å². The molecular weight excluding hydrogens is 549 g/mol. The lowest BCUT2D eigenvalue weighted by Crippen LogP contribution is -2.02. The van der Waals surface area contributed by atoms with Crippen LogP contribution in [0.3, 0.4) is 0 Å². The van der Waals surface area contributed by atoms with Gasteiger partial charge in [-0.1, -0.05) is 66.5 Å². The van der Waals surface area contributed by atoms with E-state index in [2.05, 4.69) is 11.9 Å². The third-order valence-electron chi connectivity index (χ3n) is 7.14. The molecule has 40 heavy (non-hydrogen) atoms. The number of hydrogen-bond donors (Lipinski definition) is 1. The minimum atomic E-state index is -1.02. The summed E-state index contributed by atoms with van der Waals surface area (Å²) < 4.78 is 10.6. The minimum absolute atomic E-state index is 0.150. The molecule has 0 saturated heterocycles. The van der Waals surface area contributed by atoms with Gasteiger partial charge in [-0.2, -0.15) is 0 Å². The van der Waals surface area contributed by atoms with E-state index in [1.807, 2.05) is 42.5 Å². The quantitative estimate of drug-likeness (QED) is 0.225. The van der Waals surface area contributed by atoms with Crippen molar-refractivity contribution in [2.75, 3.05) is 14.2 Å². The first-order valence-corrected chi connectivity index (χ1v) is 13.3. The van der Waals surface area contributed by atoms with E-state index in [0.29, 0.717) is 38.9 Å². The van der Waals surface area contributed by atoms with Crippen molar-refractivity contribution in [1.29, 1.82) is 0 Å². The second kappa shape index (κ2) is 11.2. The molecule has 0 radical (unpaired) electrons. The van der Waals surface area contributed by atoms with Crippen LogP contribution in [0.15, 0.2) is 60.7 Å². The van der Waals surface area contributed by atoms with Crippen molar-refractivity contribution in [3.63, 3.8) is 0 Å². The van der Waals surface area contributed by atoms with E-state index in [1.54, 1.807) is 24.3 Å². The Hall–Kier alpha value is -4.13. The first-order valence-electron chi connectivity index (χ1n) is 12.5. The summed E-state index contributed by atoms with van der Waals surface area (Å²) in [4.78, 5) is 27.5. The molecule has 1 aliphatic carbocycles. The van der Waals surface area contributed by atoms with E-state index in [0.717, 1.165) is 39.8 Å². The predicted molar refractivity (Wildman–Crippen MR) is 158 cm³/mol. The maximum atomic E-state index is 11.7. The molecule has 0 spiro atoms. The summed E-state index contributed by atoms with van der Waals surface area (Å²) in [7, 11) is 2.93. The maximum absolute atomic E-state index is 11.7. The van der Waals surface area contributed by atoms with Crippen molar-refractivity contribution in [1.82, 2.24) is 4.98 Å². The summed E-state index contributed by atoms with van der Waals surface area (Å²) in [5, 5.41) is 10.6. The summed E-state index contributed by atoms with van der Waals surface area (Å²) in [6.07, 6.45) is 3.46. The standard InChI is InChI=1S/C32H25Cl2NO5/c1-17-12-20-14-26(32(37)38)28(39-2)15-25(20)24(17)13-18-6-4-7-21(29(18)33)22-8-5-9-23(30(22)34)27-11-10-19(16-36)31(35-27)40-3/h4-11,13-17H,12H2,1-3H3,(H,37,38). The van der Waals surface area contributed by atoms with Gasteiger partial charge in [0.15, 0.2) is 6.29 Å². The van der Waals surface area contributed by atoms with Gasteiger partial charge in [0.05, 0.1) is 35.5 Å². The Bertz CT molecular complexity index is 1700. The molecule has 0 aliphatic heterocycles. The molecule has 0 bridgehead atoms. The Labute approximate surface area is 241 Å². The smallest absolute Gasteiger partial charge is 0.339 e. The molecule has 1 heterocycles. The number of halogens is 2. The minimum Gasteiger partial charge on any atom is -0.496 e. The van der Waals surface area contributed by atoms with Crippen LogP contribution in [0.2, 0.25) is 10.0 Å². The van der Waals surface area contributed by atoms with Gasteiger partial charge >= 0.3 is 5.97 Å². The number of hydrogen-bond acceptors (Lipinski definition) is 5. The van der Waals surface area contributed by atoms with Crippen molar-refractivity contribution < 1.29 is 24.2 Å². The Morgan fingerprint density at radius 3 is 2.30 bits per heavy atom. The van der Waals surface area contributed by atoms with Crippen LogP contribution in [0.5, 0.6) is 11.6 Å². The second-order valence-corrected chi connectivity index (χ2v) is 10.3. The monoisotopic (exact) mass is 573 g/mol. The van der Waals surface area contributed by atoms with Crippen molar-refractivity contribution in [2.45, 2.75) is 13.3 Å². The number of pyridine rings is 1. The molecule has 0 fully saturated rings. The molecule has 0 amide bonds. The van der Waals surface area contributed by atoms with Crippen molar-refractivity contribution >= 4 is 47.1 Å². The molecule has 3 aromatic carbocycles. The van der Waals surface area contributed by atoms with Gasteiger partial charge in [0.25, 0.3) is 0 Å². The van der Waals surface area contributed by atoms with Crippen molar-refractivity contribution in [3.8, 4) is 34.0 Å². The Morgan fingerprint density at radius 1 is 0.925 bits per heavy atom. The number of allylic oxidation sites excluding steroid dienone is 1. The molecule has 5 rings (SSSR count). The number of aldehydes is 1. The lowest BCUT2D eigenvalue weighted by atomic mass is 9.95. The van der Waals surface area contributed by atoms with Gasteiger partial charge in [-0.3, -0.25) is 4.79 Å². The summed E-state index contributed by atoms with van der Waals surface area (Å²) in [5.41, 5.74) is 7.00. The number of fused-ring (bicyclic) bond motifs is 1. The van der Waals surface area contributed by atoms with Crippen LogP contribution in [-0.4, -0.2) is 36.6 Å². The molecular formula is C32H25Cl2NO5. The average Bonchev–Trinajstić information content (AvgIpc) is 3.26. The van der Waals surface area contributed by atoms with E-state index in [4.69, 9.17) is 32.7 Å². The molecule has 1 unspecified atom stereocenters. The van der Waals surface area contributed by atoms with Gasteiger partial charge in [0, 0.05) is 16.7 Å². The van der Waals surface area contributed by atoms with Crippen LogP contribution < -0.4 is 9.47 Å². The van der Waals surface area contributed by atoms with Crippen LogP contribution in [-0.2, 0) is 6.42 Å². The molecule has 202 valence electrons. The molecule has 1 atom stereocenters. The molecule has 1 aromatic heterocycles. The van der Waals surface area contributed by atoms with Crippen molar-refractivity contribution in [2.24, 2.45) is 5.92 Å². The topological polar surface area (TPSA) is 85.7 Å². The highest BCUT2D eigenvalue weighted by Gasteiger charge is 2.27. The summed E-state index contributed by atoms with van der Waals surface area (Å²) in [5.74, 6) is -0.321. The first kappa shape index (κ1) is 27.4. The molecule has 1 aliphatic rings. The number of benzene rings is 3. The Balaban J connectivity index is 1.59. The largest absolute Gasteiger partial charge is 0.496 e. The number of ether oxygens (including phenoxy) is 2. The van der Waals surface area contributed by atoms with Crippen LogP contribution in [0, 0.1) is 5.92 Å². The molecule has 0 saturated carbocycles. The average molecular weight is 574 g/mol. The Morgan fingerprint density at radius 2 is 1.62 bits per heavy atom. The highest BCUT2D eigenvalue weighted by atomic mass is 35.5. The summed E-state index contributed by atoms with van der Waals surface area (Å²) >= 11 is 13.9. The Kier molecular flexibility index (Phi) is 7.66. The summed E-state index contributed by atoms with van der Waals surface area (Å²) in [6, 6.07) is 18.3. The van der Waals surface area contributed by atoms with Crippen LogP contribution in [0.25, 0.3) is 34.0 Å². The van der Waals surface area contributed by atoms with E-state index in [1.165, 1.54) is 14.2 Å². The van der Waals surface area contributed by atoms with Crippen LogP contribution in [0.1, 0.15) is 44.3 Å². The zero-order valence-electron chi connectivity index (χ0n) is 22.0. The number of rotatable bonds is 7. The van der Waals surface area contributed by atoms with Gasteiger partial charge in [-0.15, -0.1) is 0 Å². The first-order chi connectivity index (χ1) is 19.3. The van der Waals surface area contributed by atoms with E-state index in [-0.39, 0.29) is 17.4 Å². The van der Waals surface area contributed by atoms with Gasteiger partial charge in [-0.25, -0.2) is 9.78 Å². The highest BCUT2D eigenvalue weighted by Crippen LogP contribution is 2.44. The fourth-order valence-electron chi connectivity index (χ4n) is 5.15. The van der Waals surface area contributed by atoms with Gasteiger partial charge in [0.2, 0.25) is 5.88 Å². The third kappa shape index (κ3) is 4.85. The molecule has 6 nitrogen and oxygen atoms in total. The zero-order valence-corrected chi connectivity index (χ0v) is 23.5. The zero-order chi connectivity index (χ0) is 28.6. The third-order valence-corrected chi connectivity index (χ3v) is 7.97. The van der Waals surface area contributed by atoms with Gasteiger partial charge in [-0.05, 0) is 64.9 Å². The number of carbonyl (C=O) groups excluding carboxylic acids is 1. The predicted octanol–water partition coefficient (Wildman–Crippen LogP) is 7.98. The number of aromatic carboxylic acids is 1. The fraction of sp³-hybridized carbons (Fsp3) is 0.156. The highest BCUT2D eigenvalue weighted by molar-refractivity contribution is 6.38. The number of methoxy groups -OCH3 is 2. The van der Waals surface area contributed by atoms with E-state index in [9.17, 15) is 14.7 Å². The maximum Gasteiger partial charge on any atom is 0.339 e. The fourth-order valence-corrected chi connectivity index (χ4v) is 5.76. The second-order valence-electron chi connectivity index (χ2n) is 9.51. The number of nitrogens with zero attached hydrogens (tertiary/aromatic N) is 1. The van der Waals surface area contributed by atoms with Gasteiger partial charge in [0.1, 0.15) is 11.3 Å². The number of carboxylic acid groups (broad SMARTS) is 1. The van der Waals surface area contributed by atoms with E-state index < -0.39 is 5.97 Å². The van der Waals surface area contributed by atoms with Crippen LogP contribution >= 0.6 is 23.2 Å². The molecule has 8 heteroatoms. The lowest BCUT2D eigenvalue weighted by Gasteiger charge is -2.14. The molecule has 4 aromatic rings. The lowest BCUT2D eigenvalue weighted by molar-refractivity contribution is 0.0693. The molecule has 1 N–H and O–H groups in total. The number of carbonyl (C=O) groups is 2. The normalized spacial score (nSPS) is 15.1. The number of aromatic nitrogens is 1. The number of carboxylic acids is 1. The van der Waals surface area contributed by atoms with Gasteiger partial charge < -0.3 is 14.6 Å². The van der Waals surface area contributed by atoms with Crippen LogP contribution in [0.4, 0.5) is 0 Å². The SMILES string of the molecule is COc1cc2c(cc1C(=O)O)CC(C)C2=Cc1cccc(-c2cccc(-c3ccc(C=O)c(OC)n3)c2Cl)c1Cl.